The van der Waals surface area contributed by atoms with Crippen LogP contribution in [0.15, 0.2) is 0 Å². The van der Waals surface area contributed by atoms with Gasteiger partial charge in [0.05, 0.1) is 6.61 Å². The standard InChI is InChI=1S/C14H24N4O/c1-5-12-16-13(15-3)10(2)14(17-12)18(8-9-19-4)11-6-7-11/h11H,5-9H2,1-4H3,(H,15,16,17). The van der Waals surface area contributed by atoms with E-state index in [2.05, 4.69) is 29.0 Å². The Morgan fingerprint density at radius 2 is 2.11 bits per heavy atom. The summed E-state index contributed by atoms with van der Waals surface area (Å²) in [4.78, 5) is 11.6. The van der Waals surface area contributed by atoms with Crippen molar-refractivity contribution in [2.45, 2.75) is 39.2 Å². The summed E-state index contributed by atoms with van der Waals surface area (Å²) in [5.74, 6) is 2.90. The number of hydrogen-bond acceptors (Lipinski definition) is 5. The summed E-state index contributed by atoms with van der Waals surface area (Å²) in [7, 11) is 3.66. The predicted octanol–water partition coefficient (Wildman–Crippen LogP) is 2.00. The first-order valence-corrected chi connectivity index (χ1v) is 7.02. The quantitative estimate of drug-likeness (QED) is 0.816. The number of methoxy groups -OCH3 is 1. The van der Waals surface area contributed by atoms with Gasteiger partial charge in [0.2, 0.25) is 0 Å². The van der Waals surface area contributed by atoms with E-state index in [1.54, 1.807) is 7.11 Å². The van der Waals surface area contributed by atoms with E-state index in [0.29, 0.717) is 6.04 Å². The fraction of sp³-hybridized carbons (Fsp3) is 0.714. The maximum absolute atomic E-state index is 5.22. The van der Waals surface area contributed by atoms with E-state index in [9.17, 15) is 0 Å². The number of rotatable bonds is 7. The summed E-state index contributed by atoms with van der Waals surface area (Å²) in [6.07, 6.45) is 3.36. The van der Waals surface area contributed by atoms with Gasteiger partial charge in [0, 0.05) is 38.7 Å². The third-order valence-electron chi connectivity index (χ3n) is 3.52. The van der Waals surface area contributed by atoms with E-state index in [1.807, 2.05) is 7.05 Å². The van der Waals surface area contributed by atoms with Gasteiger partial charge in [0.1, 0.15) is 17.5 Å². The lowest BCUT2D eigenvalue weighted by Gasteiger charge is -2.26. The molecule has 0 aromatic carbocycles. The lowest BCUT2D eigenvalue weighted by molar-refractivity contribution is 0.204. The number of ether oxygens (including phenoxy) is 1. The molecule has 0 atom stereocenters. The number of aryl methyl sites for hydroxylation is 1. The molecular formula is C14H24N4O. The Balaban J connectivity index is 2.33. The summed E-state index contributed by atoms with van der Waals surface area (Å²) < 4.78 is 5.22. The topological polar surface area (TPSA) is 50.3 Å². The SMILES string of the molecule is CCc1nc(NC)c(C)c(N(CCOC)C2CC2)n1. The van der Waals surface area contributed by atoms with Crippen LogP contribution in [-0.2, 0) is 11.2 Å². The van der Waals surface area contributed by atoms with Crippen LogP contribution in [0.1, 0.15) is 31.2 Å². The molecule has 5 nitrogen and oxygen atoms in total. The minimum atomic E-state index is 0.623. The minimum Gasteiger partial charge on any atom is -0.383 e. The molecule has 19 heavy (non-hydrogen) atoms. The molecule has 1 aromatic heterocycles. The second-order valence-electron chi connectivity index (χ2n) is 4.96. The summed E-state index contributed by atoms with van der Waals surface area (Å²) in [5, 5.41) is 3.17. The normalized spacial score (nSPS) is 14.5. The molecule has 5 heteroatoms. The maximum atomic E-state index is 5.22. The molecule has 1 aliphatic rings. The summed E-state index contributed by atoms with van der Waals surface area (Å²) in [6, 6.07) is 0.623. The highest BCUT2D eigenvalue weighted by Crippen LogP contribution is 2.33. The molecule has 1 aromatic rings. The van der Waals surface area contributed by atoms with Crippen molar-refractivity contribution in [1.82, 2.24) is 9.97 Å². The molecule has 106 valence electrons. The highest BCUT2D eigenvalue weighted by molar-refractivity contribution is 5.59. The van der Waals surface area contributed by atoms with Crippen molar-refractivity contribution in [3.05, 3.63) is 11.4 Å². The fourth-order valence-electron chi connectivity index (χ4n) is 2.27. The van der Waals surface area contributed by atoms with Crippen LogP contribution in [-0.4, -0.2) is 43.3 Å². The van der Waals surface area contributed by atoms with Crippen molar-refractivity contribution in [1.29, 1.82) is 0 Å². The minimum absolute atomic E-state index is 0.623. The maximum Gasteiger partial charge on any atom is 0.137 e. The molecule has 0 saturated heterocycles. The smallest absolute Gasteiger partial charge is 0.137 e. The average Bonchev–Trinajstić information content (AvgIpc) is 3.25. The van der Waals surface area contributed by atoms with Crippen LogP contribution in [0.2, 0.25) is 0 Å². The van der Waals surface area contributed by atoms with Crippen LogP contribution in [0.3, 0.4) is 0 Å². The lowest BCUT2D eigenvalue weighted by atomic mass is 10.2. The van der Waals surface area contributed by atoms with Gasteiger partial charge in [-0.3, -0.25) is 0 Å². The molecule has 2 rings (SSSR count). The van der Waals surface area contributed by atoms with Gasteiger partial charge in [-0.1, -0.05) is 6.92 Å². The van der Waals surface area contributed by atoms with E-state index in [0.717, 1.165) is 42.6 Å². The summed E-state index contributed by atoms with van der Waals surface area (Å²) in [5.41, 5.74) is 1.13. The number of nitrogens with zero attached hydrogens (tertiary/aromatic N) is 3. The number of aromatic nitrogens is 2. The van der Waals surface area contributed by atoms with Crippen LogP contribution in [0.4, 0.5) is 11.6 Å². The van der Waals surface area contributed by atoms with Crippen LogP contribution in [0, 0.1) is 6.92 Å². The Labute approximate surface area is 115 Å². The molecule has 1 saturated carbocycles. The van der Waals surface area contributed by atoms with E-state index < -0.39 is 0 Å². The van der Waals surface area contributed by atoms with E-state index in [1.165, 1.54) is 12.8 Å². The van der Waals surface area contributed by atoms with Crippen LogP contribution < -0.4 is 10.2 Å². The summed E-state index contributed by atoms with van der Waals surface area (Å²) >= 11 is 0. The Morgan fingerprint density at radius 3 is 2.63 bits per heavy atom. The first-order valence-electron chi connectivity index (χ1n) is 7.02. The van der Waals surface area contributed by atoms with Crippen LogP contribution in [0.5, 0.6) is 0 Å². The van der Waals surface area contributed by atoms with Crippen molar-refractivity contribution >= 4 is 11.6 Å². The second kappa shape index (κ2) is 6.19. The average molecular weight is 264 g/mol. The van der Waals surface area contributed by atoms with Crippen molar-refractivity contribution in [2.75, 3.05) is 37.5 Å². The van der Waals surface area contributed by atoms with E-state index in [-0.39, 0.29) is 0 Å². The Hall–Kier alpha value is -1.36. The molecule has 0 aliphatic heterocycles. The second-order valence-corrected chi connectivity index (χ2v) is 4.96. The Kier molecular flexibility index (Phi) is 4.58. The van der Waals surface area contributed by atoms with E-state index in [4.69, 9.17) is 9.72 Å². The van der Waals surface area contributed by atoms with Gasteiger partial charge in [-0.2, -0.15) is 0 Å². The third-order valence-corrected chi connectivity index (χ3v) is 3.52. The lowest BCUT2D eigenvalue weighted by Crippen LogP contribution is -2.31. The largest absolute Gasteiger partial charge is 0.383 e. The Bertz CT molecular complexity index is 432. The first-order chi connectivity index (χ1) is 9.21. The molecule has 0 radical (unpaired) electrons. The number of anilines is 2. The van der Waals surface area contributed by atoms with Gasteiger partial charge in [0.15, 0.2) is 0 Å². The molecule has 1 fully saturated rings. The molecular weight excluding hydrogens is 240 g/mol. The molecule has 0 bridgehead atoms. The molecule has 1 heterocycles. The monoisotopic (exact) mass is 264 g/mol. The zero-order chi connectivity index (χ0) is 13.8. The molecule has 1 aliphatic carbocycles. The predicted molar refractivity (Wildman–Crippen MR) is 77.9 cm³/mol. The molecule has 1 N–H and O–H groups in total. The number of hydrogen-bond donors (Lipinski definition) is 1. The third kappa shape index (κ3) is 3.15. The van der Waals surface area contributed by atoms with Gasteiger partial charge in [-0.15, -0.1) is 0 Å². The molecule has 0 amide bonds. The summed E-state index contributed by atoms with van der Waals surface area (Å²) in [6.45, 7) is 5.80. The highest BCUT2D eigenvalue weighted by atomic mass is 16.5. The highest BCUT2D eigenvalue weighted by Gasteiger charge is 2.31. The molecule has 0 unspecified atom stereocenters. The van der Waals surface area contributed by atoms with Crippen LogP contribution in [0.25, 0.3) is 0 Å². The first kappa shape index (κ1) is 14.1. The Morgan fingerprint density at radius 1 is 1.37 bits per heavy atom. The van der Waals surface area contributed by atoms with Gasteiger partial charge in [0.25, 0.3) is 0 Å². The zero-order valence-electron chi connectivity index (χ0n) is 12.4. The van der Waals surface area contributed by atoms with Crippen LogP contribution >= 0.6 is 0 Å². The van der Waals surface area contributed by atoms with Crippen molar-refractivity contribution < 1.29 is 4.74 Å². The van der Waals surface area contributed by atoms with Gasteiger partial charge in [-0.25, -0.2) is 9.97 Å². The molecule has 0 spiro atoms. The van der Waals surface area contributed by atoms with Crippen molar-refractivity contribution in [3.8, 4) is 0 Å². The van der Waals surface area contributed by atoms with Crippen molar-refractivity contribution in [3.63, 3.8) is 0 Å². The zero-order valence-corrected chi connectivity index (χ0v) is 12.4. The van der Waals surface area contributed by atoms with E-state index >= 15 is 0 Å². The van der Waals surface area contributed by atoms with Gasteiger partial charge in [-0.05, 0) is 19.8 Å². The fourth-order valence-corrected chi connectivity index (χ4v) is 2.27. The van der Waals surface area contributed by atoms with Crippen molar-refractivity contribution in [2.24, 2.45) is 0 Å². The van der Waals surface area contributed by atoms with Gasteiger partial charge >= 0.3 is 0 Å². The van der Waals surface area contributed by atoms with Gasteiger partial charge < -0.3 is 15.0 Å². The number of nitrogens with one attached hydrogen (secondary N) is 1.